The lowest BCUT2D eigenvalue weighted by Crippen LogP contribution is -2.48. The Kier molecular flexibility index (Phi) is 4.31. The topological polar surface area (TPSA) is 191 Å². The van der Waals surface area contributed by atoms with Gasteiger partial charge < -0.3 is 17.2 Å². The first-order chi connectivity index (χ1) is 10.9. The highest BCUT2D eigenvalue weighted by Gasteiger charge is 2.25. The molecular formula is C11H13N7O5. The number of imidazole rings is 1. The van der Waals surface area contributed by atoms with E-state index in [1.807, 2.05) is 0 Å². The van der Waals surface area contributed by atoms with Crippen molar-refractivity contribution >= 4 is 28.9 Å². The fraction of sp³-hybridized carbons (Fsp3) is 0.273. The molecule has 0 aliphatic heterocycles. The maximum absolute atomic E-state index is 12.4. The number of hydrogen-bond donors (Lipinski definition) is 3. The van der Waals surface area contributed by atoms with Crippen molar-refractivity contribution in [1.82, 2.24) is 18.7 Å². The summed E-state index contributed by atoms with van der Waals surface area (Å²) < 4.78 is 1.38. The van der Waals surface area contributed by atoms with Crippen LogP contribution in [0.3, 0.4) is 0 Å². The molecule has 0 aliphatic rings. The Bertz CT molecular complexity index is 935. The molecule has 0 saturated carbocycles. The maximum Gasteiger partial charge on any atom is 0.346 e. The highest BCUT2D eigenvalue weighted by Crippen LogP contribution is 2.06. The van der Waals surface area contributed by atoms with Crippen LogP contribution < -0.4 is 28.5 Å². The molecule has 0 amide bonds. The molecular weight excluding hydrogens is 310 g/mol. The van der Waals surface area contributed by atoms with Crippen molar-refractivity contribution in [3.63, 3.8) is 0 Å². The summed E-state index contributed by atoms with van der Waals surface area (Å²) >= 11 is 0. The van der Waals surface area contributed by atoms with Crippen LogP contribution in [0.15, 0.2) is 15.9 Å². The summed E-state index contributed by atoms with van der Waals surface area (Å²) in [4.78, 5) is 63.8. The van der Waals surface area contributed by atoms with Gasteiger partial charge in [-0.25, -0.2) is 14.3 Å². The first-order valence-electron chi connectivity index (χ1n) is 6.33. The van der Waals surface area contributed by atoms with Gasteiger partial charge in [0, 0.05) is 0 Å². The molecule has 0 atom stereocenters. The lowest BCUT2D eigenvalue weighted by Gasteiger charge is -2.09. The van der Waals surface area contributed by atoms with Gasteiger partial charge in [0.2, 0.25) is 11.8 Å². The minimum Gasteiger partial charge on any atom is -0.322 e. The molecule has 0 saturated heterocycles. The average Bonchev–Trinajstić information content (AvgIpc) is 2.98. The number of nitrogens with two attached hydrogens (primary N) is 3. The third-order valence-electron chi connectivity index (χ3n) is 3.04. The normalized spacial score (nSPS) is 10.9. The van der Waals surface area contributed by atoms with Gasteiger partial charge in [-0.05, 0) is 0 Å². The van der Waals surface area contributed by atoms with Gasteiger partial charge in [-0.1, -0.05) is 0 Å². The van der Waals surface area contributed by atoms with Crippen LogP contribution >= 0.6 is 0 Å². The van der Waals surface area contributed by atoms with Gasteiger partial charge in [-0.3, -0.25) is 23.7 Å². The predicted octanol–water partition coefficient (Wildman–Crippen LogP) is -3.84. The SMILES string of the molecule is NCC(=O)n1c(=O)c2c(ncn2C(=O)CN)n(C(=O)CN)c1=O. The van der Waals surface area contributed by atoms with Gasteiger partial charge in [0.05, 0.1) is 19.6 Å². The van der Waals surface area contributed by atoms with E-state index >= 15 is 0 Å². The molecule has 0 spiro atoms. The molecule has 2 rings (SSSR count). The summed E-state index contributed by atoms with van der Waals surface area (Å²) in [5.41, 5.74) is 12.4. The molecule has 6 N–H and O–H groups in total. The van der Waals surface area contributed by atoms with Crippen LogP contribution in [-0.4, -0.2) is 56.0 Å². The van der Waals surface area contributed by atoms with Gasteiger partial charge in [0.1, 0.15) is 6.33 Å². The summed E-state index contributed by atoms with van der Waals surface area (Å²) in [6.45, 7) is -1.70. The van der Waals surface area contributed by atoms with E-state index < -0.39 is 59.8 Å². The number of carbonyl (C=O) groups is 3. The van der Waals surface area contributed by atoms with Crippen LogP contribution in [-0.2, 0) is 0 Å². The summed E-state index contributed by atoms with van der Waals surface area (Å²) in [7, 11) is 0. The van der Waals surface area contributed by atoms with Crippen molar-refractivity contribution < 1.29 is 14.4 Å². The summed E-state index contributed by atoms with van der Waals surface area (Å²) in [5.74, 6) is -2.68. The molecule has 0 fully saturated rings. The van der Waals surface area contributed by atoms with Crippen LogP contribution in [0.2, 0.25) is 0 Å². The number of fused-ring (bicyclic) bond motifs is 1. The zero-order chi connectivity index (χ0) is 17.3. The first-order valence-corrected chi connectivity index (χ1v) is 6.33. The Morgan fingerprint density at radius 3 is 1.96 bits per heavy atom. The second-order valence-corrected chi connectivity index (χ2v) is 4.34. The molecule has 0 radical (unpaired) electrons. The third kappa shape index (κ3) is 2.40. The monoisotopic (exact) mass is 323 g/mol. The fourth-order valence-corrected chi connectivity index (χ4v) is 2.00. The second kappa shape index (κ2) is 6.04. The van der Waals surface area contributed by atoms with Gasteiger partial charge in [-0.2, -0.15) is 4.57 Å². The minimum atomic E-state index is -1.25. The molecule has 23 heavy (non-hydrogen) atoms. The zero-order valence-corrected chi connectivity index (χ0v) is 11.8. The van der Waals surface area contributed by atoms with E-state index in [1.54, 1.807) is 0 Å². The number of nitrogens with zero attached hydrogens (tertiary/aromatic N) is 4. The van der Waals surface area contributed by atoms with E-state index in [1.165, 1.54) is 0 Å². The molecule has 2 aromatic rings. The minimum absolute atomic E-state index is 0.165. The van der Waals surface area contributed by atoms with Gasteiger partial charge in [0.15, 0.2) is 11.2 Å². The predicted molar refractivity (Wildman–Crippen MR) is 77.3 cm³/mol. The first kappa shape index (κ1) is 16.4. The quantitative estimate of drug-likeness (QED) is 0.507. The molecule has 2 heterocycles. The average molecular weight is 323 g/mol. The fourth-order valence-electron chi connectivity index (χ4n) is 2.00. The standard InChI is InChI=1S/C11H13N7O5/c12-1-5(19)16-4-15-9-8(16)10(22)18(7(21)3-14)11(23)17(9)6(20)2-13/h4H,1-3,12-14H2. The molecule has 2 aromatic heterocycles. The van der Waals surface area contributed by atoms with E-state index in [2.05, 4.69) is 4.98 Å². The molecule has 0 bridgehead atoms. The lowest BCUT2D eigenvalue weighted by molar-refractivity contribution is 0.0889. The Morgan fingerprint density at radius 1 is 0.913 bits per heavy atom. The van der Waals surface area contributed by atoms with Crippen molar-refractivity contribution in [2.45, 2.75) is 0 Å². The zero-order valence-electron chi connectivity index (χ0n) is 11.8. The molecule has 0 unspecified atom stereocenters. The van der Waals surface area contributed by atoms with Crippen molar-refractivity contribution in [3.05, 3.63) is 27.2 Å². The van der Waals surface area contributed by atoms with Crippen LogP contribution in [0.25, 0.3) is 11.2 Å². The van der Waals surface area contributed by atoms with Gasteiger partial charge in [0.25, 0.3) is 11.5 Å². The van der Waals surface area contributed by atoms with Gasteiger partial charge >= 0.3 is 5.69 Å². The Balaban J connectivity index is 3.07. The second-order valence-electron chi connectivity index (χ2n) is 4.34. The number of aromatic nitrogens is 4. The third-order valence-corrected chi connectivity index (χ3v) is 3.04. The summed E-state index contributed by atoms with van der Waals surface area (Å²) in [6.07, 6.45) is 0.929. The highest BCUT2D eigenvalue weighted by atomic mass is 16.2. The number of carbonyl (C=O) groups excluding carboxylic acids is 3. The number of hydrogen-bond acceptors (Lipinski definition) is 9. The Labute approximate surface area is 127 Å². The van der Waals surface area contributed by atoms with Crippen molar-refractivity contribution in [3.8, 4) is 0 Å². The molecule has 12 heteroatoms. The molecule has 0 aromatic carbocycles. The highest BCUT2D eigenvalue weighted by molar-refractivity contribution is 5.95. The molecule has 0 aliphatic carbocycles. The van der Waals surface area contributed by atoms with Gasteiger partial charge in [-0.15, -0.1) is 0 Å². The van der Waals surface area contributed by atoms with Crippen LogP contribution in [0.5, 0.6) is 0 Å². The molecule has 12 nitrogen and oxygen atoms in total. The van der Waals surface area contributed by atoms with Crippen LogP contribution in [0.4, 0.5) is 0 Å². The molecule has 122 valence electrons. The summed E-state index contributed by atoms with van der Waals surface area (Å²) in [5, 5.41) is 0. The van der Waals surface area contributed by atoms with E-state index in [0.29, 0.717) is 4.57 Å². The van der Waals surface area contributed by atoms with Crippen molar-refractivity contribution in [2.24, 2.45) is 17.2 Å². The van der Waals surface area contributed by atoms with E-state index in [-0.39, 0.29) is 4.57 Å². The Hall–Kier alpha value is -2.96. The van der Waals surface area contributed by atoms with E-state index in [4.69, 9.17) is 17.2 Å². The smallest absolute Gasteiger partial charge is 0.322 e. The number of rotatable bonds is 3. The van der Waals surface area contributed by atoms with Crippen molar-refractivity contribution in [1.29, 1.82) is 0 Å². The van der Waals surface area contributed by atoms with Crippen molar-refractivity contribution in [2.75, 3.05) is 19.6 Å². The summed E-state index contributed by atoms with van der Waals surface area (Å²) in [6, 6.07) is 0. The largest absolute Gasteiger partial charge is 0.346 e. The lowest BCUT2D eigenvalue weighted by atomic mass is 10.4. The maximum atomic E-state index is 12.4. The van der Waals surface area contributed by atoms with Crippen LogP contribution in [0, 0.1) is 0 Å². The Morgan fingerprint density at radius 2 is 1.43 bits per heavy atom. The van der Waals surface area contributed by atoms with E-state index in [0.717, 1.165) is 10.9 Å². The van der Waals surface area contributed by atoms with E-state index in [9.17, 15) is 24.0 Å². The van der Waals surface area contributed by atoms with Crippen LogP contribution in [0.1, 0.15) is 14.4 Å².